The number of fused-ring (bicyclic) bond motifs is 2. The standard InChI is InChI=1S/C19H26O7/c1-9-7-13-15(19(24,8-10(2)20)17(23)26-13)16(25-11(3)21)18(4)12(9)5-6-14(18)22/h5-6,9-10,12-13,15-16,20,24H,7-8H2,1-4H3. The van der Waals surface area contributed by atoms with E-state index in [0.29, 0.717) is 6.42 Å². The summed E-state index contributed by atoms with van der Waals surface area (Å²) in [4.78, 5) is 37.1. The van der Waals surface area contributed by atoms with E-state index < -0.39 is 47.2 Å². The summed E-state index contributed by atoms with van der Waals surface area (Å²) < 4.78 is 11.0. The van der Waals surface area contributed by atoms with Gasteiger partial charge in [0.1, 0.15) is 12.2 Å². The molecule has 8 atom stereocenters. The van der Waals surface area contributed by atoms with Gasteiger partial charge >= 0.3 is 11.9 Å². The van der Waals surface area contributed by atoms with Gasteiger partial charge in [0.25, 0.3) is 0 Å². The van der Waals surface area contributed by atoms with E-state index in [9.17, 15) is 24.6 Å². The third-order valence-electron chi connectivity index (χ3n) is 6.28. The zero-order chi connectivity index (χ0) is 19.4. The summed E-state index contributed by atoms with van der Waals surface area (Å²) in [6.45, 7) is 6.38. The van der Waals surface area contributed by atoms with Crippen LogP contribution < -0.4 is 0 Å². The molecule has 1 heterocycles. The molecule has 0 bridgehead atoms. The van der Waals surface area contributed by atoms with Gasteiger partial charge < -0.3 is 19.7 Å². The fourth-order valence-electron chi connectivity index (χ4n) is 5.17. The zero-order valence-corrected chi connectivity index (χ0v) is 15.5. The average molecular weight is 366 g/mol. The predicted octanol–water partition coefficient (Wildman–Crippen LogP) is 0.763. The molecular weight excluding hydrogens is 340 g/mol. The summed E-state index contributed by atoms with van der Waals surface area (Å²) in [5.41, 5.74) is -3.11. The Bertz CT molecular complexity index is 669. The van der Waals surface area contributed by atoms with Gasteiger partial charge in [0.05, 0.1) is 17.4 Å². The Kier molecular flexibility index (Phi) is 4.51. The van der Waals surface area contributed by atoms with Crippen LogP contribution in [0.3, 0.4) is 0 Å². The van der Waals surface area contributed by atoms with E-state index in [0.717, 1.165) is 0 Å². The highest BCUT2D eigenvalue weighted by Gasteiger charge is 2.68. The molecule has 26 heavy (non-hydrogen) atoms. The number of esters is 2. The van der Waals surface area contributed by atoms with Crippen molar-refractivity contribution in [3.05, 3.63) is 12.2 Å². The first-order valence-electron chi connectivity index (χ1n) is 9.03. The minimum Gasteiger partial charge on any atom is -0.461 e. The molecular formula is C19H26O7. The summed E-state index contributed by atoms with van der Waals surface area (Å²) in [5.74, 6) is -2.76. The molecule has 144 valence electrons. The second-order valence-electron chi connectivity index (χ2n) is 8.22. The monoisotopic (exact) mass is 366 g/mol. The van der Waals surface area contributed by atoms with Crippen LogP contribution in [0.1, 0.15) is 40.5 Å². The summed E-state index contributed by atoms with van der Waals surface area (Å²) >= 11 is 0. The van der Waals surface area contributed by atoms with Crippen molar-refractivity contribution in [3.8, 4) is 0 Å². The van der Waals surface area contributed by atoms with Gasteiger partial charge in [-0.25, -0.2) is 4.79 Å². The maximum absolute atomic E-state index is 12.8. The molecule has 2 fully saturated rings. The number of aliphatic hydroxyl groups excluding tert-OH is 1. The molecule has 0 radical (unpaired) electrons. The van der Waals surface area contributed by atoms with Gasteiger partial charge in [0.15, 0.2) is 11.4 Å². The van der Waals surface area contributed by atoms with E-state index in [2.05, 4.69) is 0 Å². The molecule has 3 aliphatic rings. The fourth-order valence-corrected chi connectivity index (χ4v) is 5.17. The maximum Gasteiger partial charge on any atom is 0.339 e. The van der Waals surface area contributed by atoms with E-state index in [-0.39, 0.29) is 24.0 Å². The van der Waals surface area contributed by atoms with Crippen LogP contribution in [-0.2, 0) is 23.9 Å². The lowest BCUT2D eigenvalue weighted by Gasteiger charge is -2.42. The number of hydrogen-bond donors (Lipinski definition) is 2. The Hall–Kier alpha value is -1.73. The Balaban J connectivity index is 2.15. The van der Waals surface area contributed by atoms with Crippen molar-refractivity contribution in [2.75, 3.05) is 0 Å². The molecule has 1 aliphatic heterocycles. The number of carbonyl (C=O) groups excluding carboxylic acids is 3. The van der Waals surface area contributed by atoms with Crippen molar-refractivity contribution in [2.45, 2.75) is 64.4 Å². The molecule has 7 nitrogen and oxygen atoms in total. The lowest BCUT2D eigenvalue weighted by atomic mass is 9.65. The quantitative estimate of drug-likeness (QED) is 0.710. The highest BCUT2D eigenvalue weighted by Crippen LogP contribution is 2.56. The SMILES string of the molecule is CC(=O)OC1C2C(CC(C)C3C=CC(=O)C31C)OC(=O)C2(O)CC(C)O. The Labute approximate surface area is 152 Å². The normalized spacial score (nSPS) is 45.5. The van der Waals surface area contributed by atoms with Crippen LogP contribution in [0.4, 0.5) is 0 Å². The van der Waals surface area contributed by atoms with Crippen LogP contribution in [-0.4, -0.2) is 51.8 Å². The van der Waals surface area contributed by atoms with Crippen LogP contribution in [0.2, 0.25) is 0 Å². The molecule has 8 unspecified atom stereocenters. The molecule has 2 aliphatic carbocycles. The first-order chi connectivity index (χ1) is 12.0. The first-order valence-corrected chi connectivity index (χ1v) is 9.03. The smallest absolute Gasteiger partial charge is 0.339 e. The minimum atomic E-state index is -2.01. The first kappa shape index (κ1) is 19.0. The highest BCUT2D eigenvalue weighted by atomic mass is 16.6. The van der Waals surface area contributed by atoms with Gasteiger partial charge in [0.2, 0.25) is 0 Å². The fraction of sp³-hybridized carbons (Fsp3) is 0.737. The molecule has 0 amide bonds. The number of ether oxygens (including phenoxy) is 2. The minimum absolute atomic E-state index is 0.0162. The summed E-state index contributed by atoms with van der Waals surface area (Å²) in [6.07, 6.45) is 0.817. The van der Waals surface area contributed by atoms with Gasteiger partial charge in [-0.2, -0.15) is 0 Å². The molecule has 0 aromatic rings. The second-order valence-corrected chi connectivity index (χ2v) is 8.22. The number of rotatable bonds is 3. The van der Waals surface area contributed by atoms with Gasteiger partial charge in [-0.1, -0.05) is 13.0 Å². The van der Waals surface area contributed by atoms with E-state index >= 15 is 0 Å². The number of allylic oxidation sites excluding steroid dienone is 2. The van der Waals surface area contributed by atoms with Crippen molar-refractivity contribution >= 4 is 17.7 Å². The Morgan fingerprint density at radius 1 is 1.46 bits per heavy atom. The highest BCUT2D eigenvalue weighted by molar-refractivity contribution is 5.98. The van der Waals surface area contributed by atoms with Gasteiger partial charge in [0, 0.05) is 13.3 Å². The molecule has 1 saturated heterocycles. The van der Waals surface area contributed by atoms with Crippen molar-refractivity contribution in [3.63, 3.8) is 0 Å². The number of aliphatic hydroxyl groups is 2. The van der Waals surface area contributed by atoms with Crippen LogP contribution in [0.25, 0.3) is 0 Å². The van der Waals surface area contributed by atoms with Crippen molar-refractivity contribution in [1.29, 1.82) is 0 Å². The third-order valence-corrected chi connectivity index (χ3v) is 6.28. The number of ketones is 1. The lowest BCUT2D eigenvalue weighted by molar-refractivity contribution is -0.177. The molecule has 0 aromatic carbocycles. The topological polar surface area (TPSA) is 110 Å². The van der Waals surface area contributed by atoms with E-state index in [1.807, 2.05) is 13.0 Å². The van der Waals surface area contributed by atoms with Crippen LogP contribution >= 0.6 is 0 Å². The number of hydrogen-bond acceptors (Lipinski definition) is 7. The van der Waals surface area contributed by atoms with Gasteiger partial charge in [-0.3, -0.25) is 9.59 Å². The maximum atomic E-state index is 12.8. The lowest BCUT2D eigenvalue weighted by Crippen LogP contribution is -2.57. The summed E-state index contributed by atoms with van der Waals surface area (Å²) in [6, 6.07) is 0. The largest absolute Gasteiger partial charge is 0.461 e. The second kappa shape index (κ2) is 6.16. The molecule has 7 heteroatoms. The van der Waals surface area contributed by atoms with Crippen LogP contribution in [0.5, 0.6) is 0 Å². The van der Waals surface area contributed by atoms with Crippen molar-refractivity contribution in [1.82, 2.24) is 0 Å². The molecule has 1 saturated carbocycles. The third kappa shape index (κ3) is 2.60. The Morgan fingerprint density at radius 2 is 2.12 bits per heavy atom. The van der Waals surface area contributed by atoms with Crippen LogP contribution in [0, 0.1) is 23.2 Å². The average Bonchev–Trinajstić information content (AvgIpc) is 2.89. The summed E-state index contributed by atoms with van der Waals surface area (Å²) in [5, 5.41) is 21.0. The molecule has 2 N–H and O–H groups in total. The molecule has 0 aromatic heterocycles. The Morgan fingerprint density at radius 3 is 2.69 bits per heavy atom. The van der Waals surface area contributed by atoms with E-state index in [1.54, 1.807) is 6.92 Å². The predicted molar refractivity (Wildman–Crippen MR) is 89.7 cm³/mol. The number of carbonyl (C=O) groups is 3. The van der Waals surface area contributed by atoms with Gasteiger partial charge in [-0.15, -0.1) is 0 Å². The van der Waals surface area contributed by atoms with Gasteiger partial charge in [-0.05, 0) is 38.2 Å². The molecule has 3 rings (SSSR count). The van der Waals surface area contributed by atoms with Crippen LogP contribution in [0.15, 0.2) is 12.2 Å². The van der Waals surface area contributed by atoms with Crippen molar-refractivity contribution < 1.29 is 34.1 Å². The zero-order valence-electron chi connectivity index (χ0n) is 15.5. The van der Waals surface area contributed by atoms with E-state index in [4.69, 9.17) is 9.47 Å². The van der Waals surface area contributed by atoms with Crippen molar-refractivity contribution in [2.24, 2.45) is 23.2 Å². The summed E-state index contributed by atoms with van der Waals surface area (Å²) in [7, 11) is 0. The van der Waals surface area contributed by atoms with E-state index in [1.165, 1.54) is 19.9 Å². The molecule has 0 spiro atoms.